The molecule has 0 unspecified atom stereocenters. The quantitative estimate of drug-likeness (QED) is 0.902. The molecule has 27 heavy (non-hydrogen) atoms. The van der Waals surface area contributed by atoms with Crippen LogP contribution < -0.4 is 10.1 Å². The molecule has 1 saturated heterocycles. The van der Waals surface area contributed by atoms with Gasteiger partial charge in [-0.15, -0.1) is 0 Å². The van der Waals surface area contributed by atoms with Crippen LogP contribution in [-0.2, 0) is 0 Å². The summed E-state index contributed by atoms with van der Waals surface area (Å²) < 4.78 is 18.8. The first-order chi connectivity index (χ1) is 13.0. The summed E-state index contributed by atoms with van der Waals surface area (Å²) in [7, 11) is 1.57. The normalized spacial score (nSPS) is 14.0. The standard InChI is InChI=1S/C20H22FN3O3/c1-14-6-7-15(12-18(14)21)19(25)23-8-10-24(11-9-23)20(26)22-16-4-3-5-17(13-16)27-2/h3-7,12-13H,8-11H2,1-2H3,(H,22,26). The molecule has 3 amide bonds. The average Bonchev–Trinajstić information content (AvgIpc) is 2.69. The number of carbonyl (C=O) groups is 2. The highest BCUT2D eigenvalue weighted by Crippen LogP contribution is 2.18. The Morgan fingerprint density at radius 2 is 1.74 bits per heavy atom. The van der Waals surface area contributed by atoms with Crippen molar-refractivity contribution in [2.45, 2.75) is 6.92 Å². The minimum absolute atomic E-state index is 0.221. The number of benzene rings is 2. The van der Waals surface area contributed by atoms with E-state index in [1.807, 2.05) is 0 Å². The first-order valence-corrected chi connectivity index (χ1v) is 8.73. The van der Waals surface area contributed by atoms with Crippen molar-refractivity contribution < 1.29 is 18.7 Å². The molecule has 1 N–H and O–H groups in total. The molecule has 3 rings (SSSR count). The van der Waals surface area contributed by atoms with Crippen LogP contribution in [-0.4, -0.2) is 55.0 Å². The molecule has 1 aliphatic rings. The molecule has 7 heteroatoms. The number of nitrogens with zero attached hydrogens (tertiary/aromatic N) is 2. The second-order valence-electron chi connectivity index (χ2n) is 6.41. The molecule has 1 heterocycles. The van der Waals surface area contributed by atoms with Crippen LogP contribution in [0, 0.1) is 12.7 Å². The third-order valence-corrected chi connectivity index (χ3v) is 4.59. The number of anilines is 1. The van der Waals surface area contributed by atoms with E-state index in [1.165, 1.54) is 6.07 Å². The zero-order chi connectivity index (χ0) is 19.4. The van der Waals surface area contributed by atoms with Gasteiger partial charge in [0.1, 0.15) is 11.6 Å². The van der Waals surface area contributed by atoms with Gasteiger partial charge in [-0.1, -0.05) is 12.1 Å². The van der Waals surface area contributed by atoms with Crippen LogP contribution in [0.4, 0.5) is 14.9 Å². The Labute approximate surface area is 157 Å². The van der Waals surface area contributed by atoms with E-state index >= 15 is 0 Å². The van der Waals surface area contributed by atoms with Gasteiger partial charge in [-0.05, 0) is 36.8 Å². The van der Waals surface area contributed by atoms with E-state index in [9.17, 15) is 14.0 Å². The number of methoxy groups -OCH3 is 1. The number of nitrogens with one attached hydrogen (secondary N) is 1. The second-order valence-corrected chi connectivity index (χ2v) is 6.41. The number of hydrogen-bond acceptors (Lipinski definition) is 3. The fourth-order valence-electron chi connectivity index (χ4n) is 2.92. The molecule has 0 radical (unpaired) electrons. The highest BCUT2D eigenvalue weighted by molar-refractivity contribution is 5.95. The van der Waals surface area contributed by atoms with Crippen molar-refractivity contribution >= 4 is 17.6 Å². The Hall–Kier alpha value is -3.09. The van der Waals surface area contributed by atoms with Crippen LogP contribution >= 0.6 is 0 Å². The van der Waals surface area contributed by atoms with Crippen LogP contribution in [0.3, 0.4) is 0 Å². The lowest BCUT2D eigenvalue weighted by Gasteiger charge is -2.34. The summed E-state index contributed by atoms with van der Waals surface area (Å²) in [5.41, 5.74) is 1.48. The lowest BCUT2D eigenvalue weighted by molar-refractivity contribution is 0.0671. The molecule has 6 nitrogen and oxygen atoms in total. The Morgan fingerprint density at radius 3 is 2.41 bits per heavy atom. The first-order valence-electron chi connectivity index (χ1n) is 8.73. The summed E-state index contributed by atoms with van der Waals surface area (Å²) in [6.45, 7) is 3.29. The number of hydrogen-bond donors (Lipinski definition) is 1. The number of carbonyl (C=O) groups excluding carboxylic acids is 2. The Kier molecular flexibility index (Phi) is 5.59. The zero-order valence-corrected chi connectivity index (χ0v) is 15.4. The molecular formula is C20H22FN3O3. The van der Waals surface area contributed by atoms with Crippen LogP contribution in [0.5, 0.6) is 5.75 Å². The maximum Gasteiger partial charge on any atom is 0.321 e. The van der Waals surface area contributed by atoms with Crippen molar-refractivity contribution in [3.63, 3.8) is 0 Å². The molecule has 2 aromatic rings. The van der Waals surface area contributed by atoms with Crippen LogP contribution in [0.1, 0.15) is 15.9 Å². The molecule has 0 bridgehead atoms. The molecule has 0 aliphatic carbocycles. The van der Waals surface area contributed by atoms with Gasteiger partial charge in [0, 0.05) is 43.5 Å². The molecule has 0 aromatic heterocycles. The summed E-state index contributed by atoms with van der Waals surface area (Å²) in [5.74, 6) is 0.0486. The van der Waals surface area contributed by atoms with E-state index in [4.69, 9.17) is 4.74 Å². The highest BCUT2D eigenvalue weighted by atomic mass is 19.1. The molecule has 2 aromatic carbocycles. The SMILES string of the molecule is COc1cccc(NC(=O)N2CCN(C(=O)c3ccc(C)c(F)c3)CC2)c1. The van der Waals surface area contributed by atoms with Gasteiger partial charge in [0.05, 0.1) is 7.11 Å². The molecule has 0 atom stereocenters. The predicted octanol–water partition coefficient (Wildman–Crippen LogP) is 3.13. The van der Waals surface area contributed by atoms with Gasteiger partial charge in [-0.25, -0.2) is 9.18 Å². The molecule has 142 valence electrons. The fraction of sp³-hybridized carbons (Fsp3) is 0.300. The first kappa shape index (κ1) is 18.7. The van der Waals surface area contributed by atoms with Gasteiger partial charge in [0.25, 0.3) is 5.91 Å². The molecule has 1 fully saturated rings. The Bertz CT molecular complexity index is 848. The lowest BCUT2D eigenvalue weighted by atomic mass is 10.1. The maximum atomic E-state index is 13.7. The van der Waals surface area contributed by atoms with Gasteiger partial charge in [0.2, 0.25) is 0 Å². The van der Waals surface area contributed by atoms with E-state index in [0.717, 1.165) is 0 Å². The minimum atomic E-state index is -0.392. The number of amides is 3. The molecule has 1 aliphatic heterocycles. The summed E-state index contributed by atoms with van der Waals surface area (Å²) in [4.78, 5) is 28.2. The van der Waals surface area contributed by atoms with Crippen LogP contribution in [0.2, 0.25) is 0 Å². The number of halogens is 1. The topological polar surface area (TPSA) is 61.9 Å². The maximum absolute atomic E-state index is 13.7. The van der Waals surface area contributed by atoms with E-state index in [0.29, 0.717) is 48.7 Å². The summed E-state index contributed by atoms with van der Waals surface area (Å²) in [5, 5.41) is 2.83. The monoisotopic (exact) mass is 371 g/mol. The number of rotatable bonds is 3. The van der Waals surface area contributed by atoms with E-state index in [1.54, 1.807) is 60.2 Å². The van der Waals surface area contributed by atoms with Crippen LogP contribution in [0.15, 0.2) is 42.5 Å². The van der Waals surface area contributed by atoms with E-state index in [2.05, 4.69) is 5.32 Å². The zero-order valence-electron chi connectivity index (χ0n) is 15.4. The van der Waals surface area contributed by atoms with Crippen LogP contribution in [0.25, 0.3) is 0 Å². The van der Waals surface area contributed by atoms with Gasteiger partial charge < -0.3 is 19.9 Å². The smallest absolute Gasteiger partial charge is 0.321 e. The number of ether oxygens (including phenoxy) is 1. The lowest BCUT2D eigenvalue weighted by Crippen LogP contribution is -2.51. The largest absolute Gasteiger partial charge is 0.497 e. The van der Waals surface area contributed by atoms with Crippen molar-refractivity contribution in [2.75, 3.05) is 38.6 Å². The summed E-state index contributed by atoms with van der Waals surface area (Å²) >= 11 is 0. The number of aryl methyl sites for hydroxylation is 1. The van der Waals surface area contributed by atoms with Gasteiger partial charge in [-0.3, -0.25) is 4.79 Å². The fourth-order valence-corrected chi connectivity index (χ4v) is 2.92. The minimum Gasteiger partial charge on any atom is -0.497 e. The van der Waals surface area contributed by atoms with Crippen molar-refractivity contribution in [1.29, 1.82) is 0 Å². The predicted molar refractivity (Wildman–Crippen MR) is 101 cm³/mol. The molecule has 0 saturated carbocycles. The second kappa shape index (κ2) is 8.07. The third-order valence-electron chi connectivity index (χ3n) is 4.59. The number of piperazine rings is 1. The van der Waals surface area contributed by atoms with E-state index in [-0.39, 0.29) is 11.9 Å². The molecular weight excluding hydrogens is 349 g/mol. The Balaban J connectivity index is 1.56. The summed E-state index contributed by atoms with van der Waals surface area (Å²) in [6.07, 6.45) is 0. The van der Waals surface area contributed by atoms with E-state index < -0.39 is 5.82 Å². The highest BCUT2D eigenvalue weighted by Gasteiger charge is 2.25. The third kappa shape index (κ3) is 4.36. The van der Waals surface area contributed by atoms with Crippen molar-refractivity contribution in [3.8, 4) is 5.75 Å². The summed E-state index contributed by atoms with van der Waals surface area (Å²) in [6, 6.07) is 11.4. The van der Waals surface area contributed by atoms with Gasteiger partial charge >= 0.3 is 6.03 Å². The van der Waals surface area contributed by atoms with Crippen molar-refractivity contribution in [3.05, 3.63) is 59.4 Å². The number of urea groups is 1. The van der Waals surface area contributed by atoms with Crippen molar-refractivity contribution in [2.24, 2.45) is 0 Å². The van der Waals surface area contributed by atoms with Gasteiger partial charge in [0.15, 0.2) is 0 Å². The van der Waals surface area contributed by atoms with Gasteiger partial charge in [-0.2, -0.15) is 0 Å². The van der Waals surface area contributed by atoms with Crippen molar-refractivity contribution in [1.82, 2.24) is 9.80 Å². The average molecular weight is 371 g/mol. The molecule has 0 spiro atoms. The Morgan fingerprint density at radius 1 is 1.04 bits per heavy atom.